The Kier molecular flexibility index (Phi) is 4.50. The van der Waals surface area contributed by atoms with Crippen LogP contribution in [0.2, 0.25) is 0 Å². The van der Waals surface area contributed by atoms with Gasteiger partial charge in [-0.25, -0.2) is 0 Å². The molecule has 4 heteroatoms. The first kappa shape index (κ1) is 16.0. The average molecular weight is 298 g/mol. The summed E-state index contributed by atoms with van der Waals surface area (Å²) in [6.07, 6.45) is 1.73. The van der Waals surface area contributed by atoms with E-state index in [9.17, 15) is 9.59 Å². The van der Waals surface area contributed by atoms with Crippen molar-refractivity contribution in [1.82, 2.24) is 9.88 Å². The van der Waals surface area contributed by atoms with Crippen molar-refractivity contribution in [3.8, 4) is 0 Å². The summed E-state index contributed by atoms with van der Waals surface area (Å²) in [5.74, 6) is -0.116. The van der Waals surface area contributed by atoms with E-state index in [0.29, 0.717) is 12.1 Å². The highest BCUT2D eigenvalue weighted by Crippen LogP contribution is 2.22. The molecule has 0 unspecified atom stereocenters. The van der Waals surface area contributed by atoms with E-state index in [4.69, 9.17) is 0 Å². The van der Waals surface area contributed by atoms with Crippen LogP contribution in [0.15, 0.2) is 47.4 Å². The van der Waals surface area contributed by atoms with Crippen LogP contribution in [-0.4, -0.2) is 10.5 Å². The lowest BCUT2D eigenvalue weighted by molar-refractivity contribution is 0.0951. The standard InChI is InChI=1S/C18H22N2O2/c1-18(2,3)15-8-6-14(7-9-15)17(22)19-11-13-5-10-16(21)20(4)12-13/h5-10,12H,11H2,1-4H3,(H,19,22). The molecule has 0 aliphatic carbocycles. The Balaban J connectivity index is 2.03. The zero-order chi connectivity index (χ0) is 16.3. The minimum absolute atomic E-state index is 0.0622. The van der Waals surface area contributed by atoms with Crippen LogP contribution in [0.25, 0.3) is 0 Å². The molecule has 1 N–H and O–H groups in total. The van der Waals surface area contributed by atoms with Crippen molar-refractivity contribution in [2.24, 2.45) is 7.05 Å². The van der Waals surface area contributed by atoms with Crippen molar-refractivity contribution in [3.63, 3.8) is 0 Å². The van der Waals surface area contributed by atoms with Gasteiger partial charge in [0.15, 0.2) is 0 Å². The highest BCUT2D eigenvalue weighted by Gasteiger charge is 2.14. The number of amides is 1. The van der Waals surface area contributed by atoms with Crippen LogP contribution in [0.3, 0.4) is 0 Å². The lowest BCUT2D eigenvalue weighted by Gasteiger charge is -2.19. The lowest BCUT2D eigenvalue weighted by atomic mass is 9.87. The van der Waals surface area contributed by atoms with Crippen molar-refractivity contribution >= 4 is 5.91 Å². The number of aryl methyl sites for hydroxylation is 1. The van der Waals surface area contributed by atoms with E-state index in [1.807, 2.05) is 24.3 Å². The number of hydrogen-bond acceptors (Lipinski definition) is 2. The van der Waals surface area contributed by atoms with Crippen molar-refractivity contribution in [3.05, 3.63) is 69.6 Å². The minimum atomic E-state index is -0.116. The maximum atomic E-state index is 12.2. The molecule has 1 amide bonds. The highest BCUT2D eigenvalue weighted by atomic mass is 16.1. The van der Waals surface area contributed by atoms with E-state index in [1.165, 1.54) is 16.2 Å². The quantitative estimate of drug-likeness (QED) is 0.947. The molecule has 0 aliphatic rings. The smallest absolute Gasteiger partial charge is 0.251 e. The Labute approximate surface area is 130 Å². The summed E-state index contributed by atoms with van der Waals surface area (Å²) in [6.45, 7) is 6.82. The van der Waals surface area contributed by atoms with Crippen LogP contribution >= 0.6 is 0 Å². The number of nitrogens with one attached hydrogen (secondary N) is 1. The summed E-state index contributed by atoms with van der Waals surface area (Å²) >= 11 is 0. The number of aromatic nitrogens is 1. The van der Waals surface area contributed by atoms with Crippen molar-refractivity contribution in [1.29, 1.82) is 0 Å². The molecule has 2 rings (SSSR count). The van der Waals surface area contributed by atoms with Gasteiger partial charge in [-0.05, 0) is 28.7 Å². The number of pyridine rings is 1. The minimum Gasteiger partial charge on any atom is -0.348 e. The third-order valence-corrected chi connectivity index (χ3v) is 3.61. The predicted molar refractivity (Wildman–Crippen MR) is 88.0 cm³/mol. The summed E-state index contributed by atoms with van der Waals surface area (Å²) in [6, 6.07) is 10.9. The Hall–Kier alpha value is -2.36. The second kappa shape index (κ2) is 6.18. The molecule has 1 aromatic carbocycles. The van der Waals surface area contributed by atoms with Crippen LogP contribution in [-0.2, 0) is 19.0 Å². The second-order valence-electron chi connectivity index (χ2n) is 6.50. The van der Waals surface area contributed by atoms with Gasteiger partial charge in [-0.3, -0.25) is 9.59 Å². The summed E-state index contributed by atoms with van der Waals surface area (Å²) < 4.78 is 1.50. The monoisotopic (exact) mass is 298 g/mol. The Morgan fingerprint density at radius 3 is 2.27 bits per heavy atom. The van der Waals surface area contributed by atoms with E-state index in [-0.39, 0.29) is 16.9 Å². The molecule has 0 aliphatic heterocycles. The van der Waals surface area contributed by atoms with Gasteiger partial charge >= 0.3 is 0 Å². The second-order valence-corrected chi connectivity index (χ2v) is 6.50. The molecular weight excluding hydrogens is 276 g/mol. The molecule has 0 saturated carbocycles. The first-order valence-electron chi connectivity index (χ1n) is 7.32. The molecule has 1 heterocycles. The Morgan fingerprint density at radius 2 is 1.73 bits per heavy atom. The van der Waals surface area contributed by atoms with Gasteiger partial charge in [0.1, 0.15) is 0 Å². The first-order valence-corrected chi connectivity index (χ1v) is 7.32. The molecule has 0 spiro atoms. The SMILES string of the molecule is Cn1cc(CNC(=O)c2ccc(C(C)(C)C)cc2)ccc1=O. The molecule has 0 atom stereocenters. The number of nitrogens with zero attached hydrogens (tertiary/aromatic N) is 1. The predicted octanol–water partition coefficient (Wildman–Crippen LogP) is 2.61. The summed E-state index contributed by atoms with van der Waals surface area (Å²) in [4.78, 5) is 23.5. The lowest BCUT2D eigenvalue weighted by Crippen LogP contribution is -2.24. The number of benzene rings is 1. The third-order valence-electron chi connectivity index (χ3n) is 3.61. The average Bonchev–Trinajstić information content (AvgIpc) is 2.47. The molecule has 1 aromatic heterocycles. The fourth-order valence-corrected chi connectivity index (χ4v) is 2.16. The maximum absolute atomic E-state index is 12.2. The summed E-state index contributed by atoms with van der Waals surface area (Å²) in [7, 11) is 1.69. The van der Waals surface area contributed by atoms with Crippen molar-refractivity contribution in [2.75, 3.05) is 0 Å². The topological polar surface area (TPSA) is 51.1 Å². The van der Waals surface area contributed by atoms with Crippen LogP contribution in [0, 0.1) is 0 Å². The van der Waals surface area contributed by atoms with Crippen molar-refractivity contribution in [2.45, 2.75) is 32.7 Å². The van der Waals surface area contributed by atoms with Gasteiger partial charge in [0.2, 0.25) is 5.56 Å². The molecular formula is C18H22N2O2. The zero-order valence-corrected chi connectivity index (χ0v) is 13.5. The van der Waals surface area contributed by atoms with E-state index < -0.39 is 0 Å². The van der Waals surface area contributed by atoms with Gasteiger partial charge < -0.3 is 9.88 Å². The molecule has 4 nitrogen and oxygen atoms in total. The molecule has 22 heavy (non-hydrogen) atoms. The van der Waals surface area contributed by atoms with Gasteiger partial charge in [-0.1, -0.05) is 39.0 Å². The van der Waals surface area contributed by atoms with Gasteiger partial charge in [-0.2, -0.15) is 0 Å². The van der Waals surface area contributed by atoms with Crippen LogP contribution in [0.5, 0.6) is 0 Å². The highest BCUT2D eigenvalue weighted by molar-refractivity contribution is 5.94. The molecule has 0 radical (unpaired) electrons. The third kappa shape index (κ3) is 3.85. The van der Waals surface area contributed by atoms with Crippen LogP contribution < -0.4 is 10.9 Å². The molecule has 0 fully saturated rings. The molecule has 0 bridgehead atoms. The number of carbonyl (C=O) groups is 1. The van der Waals surface area contributed by atoms with Gasteiger partial charge in [0, 0.05) is 31.4 Å². The zero-order valence-electron chi connectivity index (χ0n) is 13.5. The Morgan fingerprint density at radius 1 is 1.09 bits per heavy atom. The normalized spacial score (nSPS) is 11.3. The molecule has 116 valence electrons. The van der Waals surface area contributed by atoms with Crippen molar-refractivity contribution < 1.29 is 4.79 Å². The summed E-state index contributed by atoms with van der Waals surface area (Å²) in [5.41, 5.74) is 2.73. The van der Waals surface area contributed by atoms with Gasteiger partial charge in [-0.15, -0.1) is 0 Å². The maximum Gasteiger partial charge on any atom is 0.251 e. The van der Waals surface area contributed by atoms with E-state index in [2.05, 4.69) is 26.1 Å². The molecule has 0 saturated heterocycles. The van der Waals surface area contributed by atoms with E-state index in [1.54, 1.807) is 19.3 Å². The van der Waals surface area contributed by atoms with Gasteiger partial charge in [0.25, 0.3) is 5.91 Å². The number of rotatable bonds is 3. The van der Waals surface area contributed by atoms with E-state index in [0.717, 1.165) is 5.56 Å². The van der Waals surface area contributed by atoms with Crippen LogP contribution in [0.4, 0.5) is 0 Å². The largest absolute Gasteiger partial charge is 0.348 e. The van der Waals surface area contributed by atoms with E-state index >= 15 is 0 Å². The van der Waals surface area contributed by atoms with Gasteiger partial charge in [0.05, 0.1) is 0 Å². The molecule has 2 aromatic rings. The number of carbonyl (C=O) groups excluding carboxylic acids is 1. The number of hydrogen-bond donors (Lipinski definition) is 1. The fraction of sp³-hybridized carbons (Fsp3) is 0.333. The first-order chi connectivity index (χ1) is 10.3. The van der Waals surface area contributed by atoms with Crippen LogP contribution in [0.1, 0.15) is 42.3 Å². The Bertz CT molecular complexity index is 722. The fourth-order valence-electron chi connectivity index (χ4n) is 2.16. The summed E-state index contributed by atoms with van der Waals surface area (Å²) in [5, 5.41) is 2.87.